The smallest absolute Gasteiger partial charge is 0.146 e. The van der Waals surface area contributed by atoms with Crippen LogP contribution in [-0.4, -0.2) is 10.8 Å². The number of nitrogens with zero attached hydrogens (tertiary/aromatic N) is 1. The Morgan fingerprint density at radius 1 is 1.75 bits per heavy atom. The molecule has 0 saturated carbocycles. The summed E-state index contributed by atoms with van der Waals surface area (Å²) in [6, 6.07) is 1.37. The molecule has 0 saturated heterocycles. The van der Waals surface area contributed by atoms with Crippen LogP contribution < -0.4 is 0 Å². The molecular formula is C8H7FINO. The predicted molar refractivity (Wildman–Crippen MR) is 51.3 cm³/mol. The second-order valence-electron chi connectivity index (χ2n) is 2.46. The lowest BCUT2D eigenvalue weighted by molar-refractivity contribution is -0.116. The van der Waals surface area contributed by atoms with Crippen LogP contribution in [0.15, 0.2) is 12.3 Å². The Labute approximate surface area is 83.3 Å². The van der Waals surface area contributed by atoms with Crippen LogP contribution >= 0.6 is 22.6 Å². The second kappa shape index (κ2) is 3.93. The summed E-state index contributed by atoms with van der Waals surface area (Å²) in [6.45, 7) is 1.42. The first-order valence-electron chi connectivity index (χ1n) is 3.39. The van der Waals surface area contributed by atoms with Crippen molar-refractivity contribution in [2.45, 2.75) is 13.3 Å². The quantitative estimate of drug-likeness (QED) is 0.774. The second-order valence-corrected chi connectivity index (χ2v) is 3.71. The number of Topliss-reactive ketones (excluding diaryl/α,β-unsaturated/α-hetero) is 1. The first-order valence-corrected chi connectivity index (χ1v) is 4.47. The molecule has 4 heteroatoms. The summed E-state index contributed by atoms with van der Waals surface area (Å²) in [5, 5.41) is 0. The summed E-state index contributed by atoms with van der Waals surface area (Å²) < 4.78 is 13.7. The maximum Gasteiger partial charge on any atom is 0.146 e. The van der Waals surface area contributed by atoms with Crippen LogP contribution in [0.1, 0.15) is 12.6 Å². The van der Waals surface area contributed by atoms with Crippen LogP contribution in [0.5, 0.6) is 0 Å². The van der Waals surface area contributed by atoms with E-state index in [1.165, 1.54) is 13.0 Å². The van der Waals surface area contributed by atoms with Crippen molar-refractivity contribution in [3.63, 3.8) is 0 Å². The Balaban J connectivity index is 2.93. The number of aromatic nitrogens is 1. The minimum absolute atomic E-state index is 0.0722. The van der Waals surface area contributed by atoms with E-state index in [1.54, 1.807) is 6.20 Å². The van der Waals surface area contributed by atoms with Crippen LogP contribution in [0.25, 0.3) is 0 Å². The van der Waals surface area contributed by atoms with Gasteiger partial charge >= 0.3 is 0 Å². The van der Waals surface area contributed by atoms with Crippen molar-refractivity contribution in [1.29, 1.82) is 0 Å². The molecule has 0 amide bonds. The molecule has 1 aromatic rings. The van der Waals surface area contributed by atoms with Crippen molar-refractivity contribution in [1.82, 2.24) is 4.98 Å². The zero-order chi connectivity index (χ0) is 9.14. The molecule has 0 aliphatic rings. The van der Waals surface area contributed by atoms with Gasteiger partial charge in [0.2, 0.25) is 0 Å². The number of halogens is 2. The normalized spacial score (nSPS) is 9.92. The third-order valence-electron chi connectivity index (χ3n) is 1.30. The highest BCUT2D eigenvalue weighted by Crippen LogP contribution is 2.09. The zero-order valence-corrected chi connectivity index (χ0v) is 8.63. The molecule has 0 unspecified atom stereocenters. The Kier molecular flexibility index (Phi) is 3.13. The summed E-state index contributed by atoms with van der Waals surface area (Å²) in [6.07, 6.45) is 1.62. The van der Waals surface area contributed by atoms with Gasteiger partial charge in [0.25, 0.3) is 0 Å². The molecule has 0 aliphatic carbocycles. The molecule has 0 spiro atoms. The molecule has 1 heterocycles. The standard InChI is InChI=1S/C8H7FINO/c1-5(12)2-8-7(9)3-6(10)4-11-8/h3-4H,2H2,1H3. The minimum Gasteiger partial charge on any atom is -0.300 e. The lowest BCUT2D eigenvalue weighted by Gasteiger charge is -1.98. The molecule has 64 valence electrons. The van der Waals surface area contributed by atoms with Gasteiger partial charge in [-0.25, -0.2) is 4.39 Å². The highest BCUT2D eigenvalue weighted by molar-refractivity contribution is 14.1. The van der Waals surface area contributed by atoms with Crippen molar-refractivity contribution in [3.8, 4) is 0 Å². The maximum atomic E-state index is 13.0. The molecule has 0 aromatic carbocycles. The van der Waals surface area contributed by atoms with E-state index < -0.39 is 5.82 Å². The van der Waals surface area contributed by atoms with E-state index in [2.05, 4.69) is 4.98 Å². The van der Waals surface area contributed by atoms with Gasteiger partial charge in [0, 0.05) is 9.77 Å². The van der Waals surface area contributed by atoms with Crippen LogP contribution in [0.2, 0.25) is 0 Å². The van der Waals surface area contributed by atoms with Gasteiger partial charge in [-0.05, 0) is 35.6 Å². The fourth-order valence-electron chi connectivity index (χ4n) is 0.809. The fraction of sp³-hybridized carbons (Fsp3) is 0.250. The van der Waals surface area contributed by atoms with Gasteiger partial charge in [-0.1, -0.05) is 0 Å². The minimum atomic E-state index is -0.405. The molecule has 0 fully saturated rings. The van der Waals surface area contributed by atoms with E-state index in [4.69, 9.17) is 0 Å². The third kappa shape index (κ3) is 2.51. The molecule has 0 aliphatic heterocycles. The van der Waals surface area contributed by atoms with E-state index in [0.717, 1.165) is 3.57 Å². The summed E-state index contributed by atoms with van der Waals surface area (Å²) in [5.41, 5.74) is 0.225. The molecule has 2 nitrogen and oxygen atoms in total. The van der Waals surface area contributed by atoms with E-state index in [-0.39, 0.29) is 17.9 Å². The van der Waals surface area contributed by atoms with Gasteiger partial charge in [-0.2, -0.15) is 0 Å². The summed E-state index contributed by atoms with van der Waals surface area (Å²) >= 11 is 1.97. The van der Waals surface area contributed by atoms with Crippen molar-refractivity contribution < 1.29 is 9.18 Å². The van der Waals surface area contributed by atoms with Gasteiger partial charge in [0.1, 0.15) is 11.6 Å². The number of ketones is 1. The average Bonchev–Trinajstić information content (AvgIpc) is 1.94. The summed E-state index contributed by atoms with van der Waals surface area (Å²) in [4.78, 5) is 14.5. The monoisotopic (exact) mass is 279 g/mol. The highest BCUT2D eigenvalue weighted by atomic mass is 127. The van der Waals surface area contributed by atoms with Gasteiger partial charge in [0.05, 0.1) is 12.1 Å². The number of carbonyl (C=O) groups excluding carboxylic acids is 1. The first kappa shape index (κ1) is 9.57. The topological polar surface area (TPSA) is 30.0 Å². The van der Waals surface area contributed by atoms with E-state index in [1.807, 2.05) is 22.6 Å². The van der Waals surface area contributed by atoms with Gasteiger partial charge in [-0.15, -0.1) is 0 Å². The highest BCUT2D eigenvalue weighted by Gasteiger charge is 2.06. The number of pyridine rings is 1. The van der Waals surface area contributed by atoms with Crippen molar-refractivity contribution in [3.05, 3.63) is 27.3 Å². The molecule has 0 radical (unpaired) electrons. The molecule has 1 rings (SSSR count). The summed E-state index contributed by atoms with van der Waals surface area (Å²) in [5.74, 6) is -0.486. The van der Waals surface area contributed by atoms with Gasteiger partial charge < -0.3 is 0 Å². The fourth-order valence-corrected chi connectivity index (χ4v) is 1.22. The lowest BCUT2D eigenvalue weighted by atomic mass is 10.2. The predicted octanol–water partition coefficient (Wildman–Crippen LogP) is 1.96. The zero-order valence-electron chi connectivity index (χ0n) is 6.47. The molecule has 12 heavy (non-hydrogen) atoms. The third-order valence-corrected chi connectivity index (χ3v) is 1.89. The number of hydrogen-bond donors (Lipinski definition) is 0. The van der Waals surface area contributed by atoms with Gasteiger partial charge in [-0.3, -0.25) is 9.78 Å². The number of rotatable bonds is 2. The largest absolute Gasteiger partial charge is 0.300 e. The Hall–Kier alpha value is -0.520. The van der Waals surface area contributed by atoms with Crippen LogP contribution in [0.4, 0.5) is 4.39 Å². The Morgan fingerprint density at radius 3 is 2.92 bits per heavy atom. The molecule has 0 N–H and O–H groups in total. The van der Waals surface area contributed by atoms with Crippen LogP contribution in [-0.2, 0) is 11.2 Å². The Bertz CT molecular complexity index is 314. The van der Waals surface area contributed by atoms with Crippen molar-refractivity contribution >= 4 is 28.4 Å². The molecule has 1 aromatic heterocycles. The average molecular weight is 279 g/mol. The lowest BCUT2D eigenvalue weighted by Crippen LogP contribution is -2.02. The van der Waals surface area contributed by atoms with Crippen molar-refractivity contribution in [2.75, 3.05) is 0 Å². The Morgan fingerprint density at radius 2 is 2.42 bits per heavy atom. The number of hydrogen-bond acceptors (Lipinski definition) is 2. The molecule has 0 bridgehead atoms. The first-order chi connectivity index (χ1) is 5.59. The van der Waals surface area contributed by atoms with E-state index in [0.29, 0.717) is 0 Å². The van der Waals surface area contributed by atoms with E-state index in [9.17, 15) is 9.18 Å². The number of carbonyl (C=O) groups is 1. The van der Waals surface area contributed by atoms with Crippen LogP contribution in [0.3, 0.4) is 0 Å². The molecule has 0 atom stereocenters. The summed E-state index contributed by atoms with van der Waals surface area (Å²) in [7, 11) is 0. The SMILES string of the molecule is CC(=O)Cc1ncc(I)cc1F. The van der Waals surface area contributed by atoms with E-state index >= 15 is 0 Å². The molecular weight excluding hydrogens is 272 g/mol. The maximum absolute atomic E-state index is 13.0. The van der Waals surface area contributed by atoms with Crippen molar-refractivity contribution in [2.24, 2.45) is 0 Å². The van der Waals surface area contributed by atoms with Gasteiger partial charge in [0.15, 0.2) is 0 Å². The van der Waals surface area contributed by atoms with Crippen LogP contribution in [0, 0.1) is 9.39 Å².